The number of allylic oxidation sites excluding steroid dienone is 1. The Hall–Kier alpha value is -1.89. The molecule has 3 aliphatic rings. The first-order valence-corrected chi connectivity index (χ1v) is 12.5. The van der Waals surface area contributed by atoms with E-state index in [4.69, 9.17) is 0 Å². The highest BCUT2D eigenvalue weighted by molar-refractivity contribution is 6.07. The molecule has 1 N–H and O–H groups in total. The molecule has 0 radical (unpaired) electrons. The fourth-order valence-electron chi connectivity index (χ4n) is 5.31. The fraction of sp³-hybridized carbons (Fsp3) is 0.800. The average molecular weight is 447 g/mol. The Morgan fingerprint density at radius 1 is 1.22 bits per heavy atom. The van der Waals surface area contributed by atoms with Gasteiger partial charge in [0.2, 0.25) is 5.91 Å². The van der Waals surface area contributed by atoms with E-state index in [1.807, 2.05) is 23.9 Å². The summed E-state index contributed by atoms with van der Waals surface area (Å²) < 4.78 is 0. The van der Waals surface area contributed by atoms with Gasteiger partial charge in [-0.25, -0.2) is 4.79 Å². The van der Waals surface area contributed by atoms with E-state index in [1.54, 1.807) is 0 Å². The minimum Gasteiger partial charge on any atom is -0.342 e. The maximum absolute atomic E-state index is 13.6. The molecule has 0 unspecified atom stereocenters. The number of piperidine rings is 1. The molecule has 1 atom stereocenters. The van der Waals surface area contributed by atoms with E-state index in [2.05, 4.69) is 25.2 Å². The smallest absolute Gasteiger partial charge is 0.325 e. The first kappa shape index (κ1) is 24.7. The lowest BCUT2D eigenvalue weighted by Gasteiger charge is -2.41. The van der Waals surface area contributed by atoms with E-state index in [9.17, 15) is 14.4 Å². The molecule has 7 nitrogen and oxygen atoms in total. The zero-order valence-electron chi connectivity index (χ0n) is 20.5. The van der Waals surface area contributed by atoms with Crippen LogP contribution in [-0.4, -0.2) is 78.4 Å². The van der Waals surface area contributed by atoms with Crippen molar-refractivity contribution in [3.8, 4) is 0 Å². The molecule has 180 valence electrons. The van der Waals surface area contributed by atoms with Gasteiger partial charge in [0.05, 0.1) is 0 Å². The summed E-state index contributed by atoms with van der Waals surface area (Å²) in [6.45, 7) is 6.71. The lowest BCUT2D eigenvalue weighted by Crippen LogP contribution is -2.56. The van der Waals surface area contributed by atoms with Gasteiger partial charge in [0, 0.05) is 32.6 Å². The summed E-state index contributed by atoms with van der Waals surface area (Å²) in [5, 5.41) is 3.13. The largest absolute Gasteiger partial charge is 0.342 e. The molecular weight excluding hydrogens is 404 g/mol. The van der Waals surface area contributed by atoms with Crippen molar-refractivity contribution >= 4 is 17.8 Å². The molecule has 32 heavy (non-hydrogen) atoms. The fourth-order valence-corrected chi connectivity index (χ4v) is 5.31. The normalized spacial score (nSPS) is 25.0. The number of likely N-dealkylation sites (N-methyl/N-ethyl adjacent to an activating group) is 1. The number of rotatable bonds is 9. The minimum absolute atomic E-state index is 0.0675. The van der Waals surface area contributed by atoms with Crippen molar-refractivity contribution in [3.63, 3.8) is 0 Å². The number of carbonyl (C=O) groups excluding carboxylic acids is 3. The number of imide groups is 1. The van der Waals surface area contributed by atoms with Crippen LogP contribution in [0.2, 0.25) is 0 Å². The maximum atomic E-state index is 13.6. The van der Waals surface area contributed by atoms with Gasteiger partial charge in [0.25, 0.3) is 5.91 Å². The molecule has 1 aliphatic carbocycles. The maximum Gasteiger partial charge on any atom is 0.325 e. The number of urea groups is 1. The van der Waals surface area contributed by atoms with Crippen LogP contribution >= 0.6 is 0 Å². The number of carbonyl (C=O) groups is 3. The van der Waals surface area contributed by atoms with Crippen LogP contribution in [0.15, 0.2) is 11.6 Å². The Balaban J connectivity index is 1.66. The standard InChI is InChI=1S/C25H42N4O3/c1-19(2)10-13-25(23(31)29(24(32)26-25)17-16-27(3)4)21-11-14-28(15-12-21)22(30)18-20-8-6-5-7-9-20/h8,19,21H,5-7,9-18H2,1-4H3,(H,26,32)/t25-/m0/s1. The third-order valence-electron chi connectivity index (χ3n) is 7.40. The van der Waals surface area contributed by atoms with E-state index in [-0.39, 0.29) is 23.8 Å². The second-order valence-corrected chi connectivity index (χ2v) is 10.5. The van der Waals surface area contributed by atoms with E-state index in [1.165, 1.54) is 23.3 Å². The Morgan fingerprint density at radius 3 is 2.53 bits per heavy atom. The summed E-state index contributed by atoms with van der Waals surface area (Å²) >= 11 is 0. The van der Waals surface area contributed by atoms with Gasteiger partial charge in [-0.3, -0.25) is 14.5 Å². The van der Waals surface area contributed by atoms with Crippen LogP contribution in [0.5, 0.6) is 0 Å². The third kappa shape index (κ3) is 5.72. The van der Waals surface area contributed by atoms with Crippen LogP contribution in [0.3, 0.4) is 0 Å². The predicted molar refractivity (Wildman–Crippen MR) is 126 cm³/mol. The van der Waals surface area contributed by atoms with Crippen molar-refractivity contribution in [3.05, 3.63) is 11.6 Å². The Bertz CT molecular complexity index is 725. The number of amides is 4. The van der Waals surface area contributed by atoms with Crippen LogP contribution in [0.1, 0.15) is 71.6 Å². The molecule has 0 saturated carbocycles. The predicted octanol–water partition coefficient (Wildman–Crippen LogP) is 3.40. The van der Waals surface area contributed by atoms with Gasteiger partial charge >= 0.3 is 6.03 Å². The summed E-state index contributed by atoms with van der Waals surface area (Å²) in [5.74, 6) is 0.669. The molecule has 3 rings (SSSR count). The summed E-state index contributed by atoms with van der Waals surface area (Å²) in [7, 11) is 3.89. The van der Waals surface area contributed by atoms with Crippen LogP contribution in [0.25, 0.3) is 0 Å². The molecule has 2 fully saturated rings. The van der Waals surface area contributed by atoms with Gasteiger partial charge in [-0.2, -0.15) is 0 Å². The van der Waals surface area contributed by atoms with Gasteiger partial charge in [0.1, 0.15) is 5.54 Å². The topological polar surface area (TPSA) is 73.0 Å². The minimum atomic E-state index is -0.825. The highest BCUT2D eigenvalue weighted by Crippen LogP contribution is 2.38. The van der Waals surface area contributed by atoms with Crippen LogP contribution in [-0.2, 0) is 9.59 Å². The van der Waals surface area contributed by atoms with Crippen molar-refractivity contribution < 1.29 is 14.4 Å². The zero-order chi connectivity index (χ0) is 23.3. The number of likely N-dealkylation sites (tertiary alicyclic amines) is 1. The molecule has 7 heteroatoms. The second-order valence-electron chi connectivity index (χ2n) is 10.5. The molecule has 2 heterocycles. The summed E-state index contributed by atoms with van der Waals surface area (Å²) in [6, 6.07) is -0.261. The van der Waals surface area contributed by atoms with Crippen LogP contribution in [0.4, 0.5) is 4.79 Å². The monoisotopic (exact) mass is 446 g/mol. The van der Waals surface area contributed by atoms with Crippen LogP contribution in [0, 0.1) is 11.8 Å². The molecule has 0 aromatic heterocycles. The van der Waals surface area contributed by atoms with Gasteiger partial charge in [-0.1, -0.05) is 25.5 Å². The number of nitrogens with zero attached hydrogens (tertiary/aromatic N) is 3. The Labute approximate surface area is 193 Å². The molecule has 0 aromatic carbocycles. The van der Waals surface area contributed by atoms with Crippen molar-refractivity contribution in [1.82, 2.24) is 20.0 Å². The molecule has 0 aromatic rings. The lowest BCUT2D eigenvalue weighted by molar-refractivity contribution is -0.136. The Kier molecular flexibility index (Phi) is 8.37. The van der Waals surface area contributed by atoms with Gasteiger partial charge in [-0.05, 0) is 77.3 Å². The third-order valence-corrected chi connectivity index (χ3v) is 7.40. The first-order chi connectivity index (χ1) is 15.2. The number of hydrogen-bond donors (Lipinski definition) is 1. The number of nitrogens with one attached hydrogen (secondary N) is 1. The molecule has 2 saturated heterocycles. The van der Waals surface area contributed by atoms with Crippen molar-refractivity contribution in [1.29, 1.82) is 0 Å². The SMILES string of the molecule is CC(C)CC[C@@]1(C2CCN(C(=O)CC3=CCCCC3)CC2)NC(=O)N(CCN(C)C)C1=O. The molecule has 2 aliphatic heterocycles. The highest BCUT2D eigenvalue weighted by Gasteiger charge is 2.55. The van der Waals surface area contributed by atoms with E-state index in [0.29, 0.717) is 44.9 Å². The average Bonchev–Trinajstić information content (AvgIpc) is 3.01. The summed E-state index contributed by atoms with van der Waals surface area (Å²) in [6.07, 6.45) is 10.4. The lowest BCUT2D eigenvalue weighted by atomic mass is 9.73. The van der Waals surface area contributed by atoms with E-state index < -0.39 is 5.54 Å². The molecule has 0 bridgehead atoms. The van der Waals surface area contributed by atoms with Gasteiger partial charge in [0.15, 0.2) is 0 Å². The number of hydrogen-bond acceptors (Lipinski definition) is 4. The van der Waals surface area contributed by atoms with Crippen LogP contribution < -0.4 is 5.32 Å². The Morgan fingerprint density at radius 2 is 1.94 bits per heavy atom. The molecular formula is C25H42N4O3. The van der Waals surface area contributed by atoms with Crippen molar-refractivity contribution in [2.45, 2.75) is 77.2 Å². The van der Waals surface area contributed by atoms with Gasteiger partial charge in [-0.15, -0.1) is 0 Å². The molecule has 0 spiro atoms. The summed E-state index contributed by atoms with van der Waals surface area (Å²) in [5.41, 5.74) is 0.459. The van der Waals surface area contributed by atoms with Gasteiger partial charge < -0.3 is 15.1 Å². The second kappa shape index (κ2) is 10.8. The molecule has 4 amide bonds. The quantitative estimate of drug-likeness (QED) is 0.435. The van der Waals surface area contributed by atoms with E-state index in [0.717, 1.165) is 32.1 Å². The summed E-state index contributed by atoms with van der Waals surface area (Å²) in [4.78, 5) is 44.6. The first-order valence-electron chi connectivity index (χ1n) is 12.5. The van der Waals surface area contributed by atoms with Crippen molar-refractivity contribution in [2.75, 3.05) is 40.3 Å². The zero-order valence-corrected chi connectivity index (χ0v) is 20.5. The highest BCUT2D eigenvalue weighted by atomic mass is 16.2. The van der Waals surface area contributed by atoms with Crippen molar-refractivity contribution in [2.24, 2.45) is 11.8 Å². The van der Waals surface area contributed by atoms with E-state index >= 15 is 0 Å².